The highest BCUT2D eigenvalue weighted by Gasteiger charge is 2.37. The van der Waals surface area contributed by atoms with E-state index in [4.69, 9.17) is 0 Å². The van der Waals surface area contributed by atoms with Gasteiger partial charge in [-0.2, -0.15) is 0 Å². The molecule has 0 saturated heterocycles. The summed E-state index contributed by atoms with van der Waals surface area (Å²) in [6.45, 7) is 4.55. The Morgan fingerprint density at radius 3 is 2.81 bits per heavy atom. The lowest BCUT2D eigenvalue weighted by atomic mass is 9.90. The minimum Gasteiger partial charge on any atom is -0.303 e. The number of aromatic nitrogens is 1. The van der Waals surface area contributed by atoms with Gasteiger partial charge in [-0.05, 0) is 25.7 Å². The molecule has 0 spiro atoms. The predicted octanol–water partition coefficient (Wildman–Crippen LogP) is 3.69. The summed E-state index contributed by atoms with van der Waals surface area (Å²) < 4.78 is 0. The first-order chi connectivity index (χ1) is 7.80. The number of nitrogens with zero attached hydrogens (tertiary/aromatic N) is 1. The number of hydrogen-bond donors (Lipinski definition) is 1. The van der Waals surface area contributed by atoms with Gasteiger partial charge in [-0.25, -0.2) is 4.98 Å². The third kappa shape index (κ3) is 2.64. The zero-order valence-electron chi connectivity index (χ0n) is 10.3. The van der Waals surface area contributed by atoms with Crippen molar-refractivity contribution in [2.24, 2.45) is 0 Å². The Kier molecular flexibility index (Phi) is 3.98. The monoisotopic (exact) mass is 238 g/mol. The molecule has 0 bridgehead atoms. The van der Waals surface area contributed by atoms with Crippen LogP contribution in [0.25, 0.3) is 0 Å². The van der Waals surface area contributed by atoms with Crippen molar-refractivity contribution in [3.8, 4) is 0 Å². The standard InChI is InChI=1S/C13H22N2S/c1-3-5-8-13(4-2,15-11-6-7-11)12-14-9-10-16-12/h9-11,15H,3-8H2,1-2H3. The van der Waals surface area contributed by atoms with Gasteiger partial charge in [-0.1, -0.05) is 26.7 Å². The molecule has 1 atom stereocenters. The van der Waals surface area contributed by atoms with Gasteiger partial charge in [0.1, 0.15) is 5.01 Å². The second-order valence-electron chi connectivity index (χ2n) is 4.80. The minimum absolute atomic E-state index is 0.158. The van der Waals surface area contributed by atoms with E-state index in [-0.39, 0.29) is 5.54 Å². The summed E-state index contributed by atoms with van der Waals surface area (Å²) in [5.74, 6) is 0. The minimum atomic E-state index is 0.158. The van der Waals surface area contributed by atoms with Crippen LogP contribution in [0.1, 0.15) is 57.4 Å². The summed E-state index contributed by atoms with van der Waals surface area (Å²) in [5, 5.41) is 7.22. The van der Waals surface area contributed by atoms with Crippen LogP contribution in [0.4, 0.5) is 0 Å². The molecule has 1 aromatic rings. The van der Waals surface area contributed by atoms with Crippen molar-refractivity contribution in [2.45, 2.75) is 64.0 Å². The van der Waals surface area contributed by atoms with Crippen LogP contribution in [0, 0.1) is 0 Å². The van der Waals surface area contributed by atoms with Crippen molar-refractivity contribution in [1.29, 1.82) is 0 Å². The topological polar surface area (TPSA) is 24.9 Å². The Balaban J connectivity index is 2.13. The molecular weight excluding hydrogens is 216 g/mol. The molecular formula is C13H22N2S. The molecule has 1 N–H and O–H groups in total. The van der Waals surface area contributed by atoms with E-state index in [1.165, 1.54) is 37.1 Å². The van der Waals surface area contributed by atoms with E-state index in [0.717, 1.165) is 12.5 Å². The molecule has 1 heterocycles. The van der Waals surface area contributed by atoms with E-state index in [1.54, 1.807) is 11.3 Å². The van der Waals surface area contributed by atoms with E-state index in [0.29, 0.717) is 0 Å². The second-order valence-corrected chi connectivity index (χ2v) is 5.69. The highest BCUT2D eigenvalue weighted by molar-refractivity contribution is 7.09. The van der Waals surface area contributed by atoms with Crippen molar-refractivity contribution >= 4 is 11.3 Å². The van der Waals surface area contributed by atoms with Crippen LogP contribution in [0.5, 0.6) is 0 Å². The van der Waals surface area contributed by atoms with Crippen molar-refractivity contribution in [2.75, 3.05) is 0 Å². The second kappa shape index (κ2) is 5.28. The fraction of sp³-hybridized carbons (Fsp3) is 0.769. The highest BCUT2D eigenvalue weighted by Crippen LogP contribution is 2.36. The first kappa shape index (κ1) is 12.1. The third-order valence-corrected chi connectivity index (χ3v) is 4.44. The van der Waals surface area contributed by atoms with Gasteiger partial charge >= 0.3 is 0 Å². The lowest BCUT2D eigenvalue weighted by Crippen LogP contribution is -2.43. The van der Waals surface area contributed by atoms with Gasteiger partial charge in [-0.15, -0.1) is 11.3 Å². The zero-order chi connectivity index (χ0) is 11.4. The molecule has 2 rings (SSSR count). The summed E-state index contributed by atoms with van der Waals surface area (Å²) >= 11 is 1.80. The molecule has 1 fully saturated rings. The molecule has 0 aromatic carbocycles. The molecule has 1 aliphatic carbocycles. The van der Waals surface area contributed by atoms with Gasteiger partial charge in [0.15, 0.2) is 0 Å². The Hall–Kier alpha value is -0.410. The van der Waals surface area contributed by atoms with E-state index in [1.807, 2.05) is 6.20 Å². The first-order valence-electron chi connectivity index (χ1n) is 6.48. The maximum absolute atomic E-state index is 4.55. The predicted molar refractivity (Wildman–Crippen MR) is 69.8 cm³/mol. The fourth-order valence-corrected chi connectivity index (χ4v) is 3.13. The molecule has 1 unspecified atom stereocenters. The molecule has 2 nitrogen and oxygen atoms in total. The molecule has 1 aliphatic rings. The summed E-state index contributed by atoms with van der Waals surface area (Å²) in [6, 6.07) is 0.751. The first-order valence-corrected chi connectivity index (χ1v) is 7.36. The average Bonchev–Trinajstić information content (AvgIpc) is 2.95. The van der Waals surface area contributed by atoms with Gasteiger partial charge in [0.2, 0.25) is 0 Å². The fourth-order valence-electron chi connectivity index (χ4n) is 2.23. The number of nitrogens with one attached hydrogen (secondary N) is 1. The normalized spacial score (nSPS) is 19.6. The van der Waals surface area contributed by atoms with E-state index < -0.39 is 0 Å². The number of unbranched alkanes of at least 4 members (excludes halogenated alkanes) is 1. The largest absolute Gasteiger partial charge is 0.303 e. The molecule has 1 saturated carbocycles. The van der Waals surface area contributed by atoms with Gasteiger partial charge < -0.3 is 5.32 Å². The van der Waals surface area contributed by atoms with Gasteiger partial charge in [-0.3, -0.25) is 0 Å². The van der Waals surface area contributed by atoms with Crippen molar-refractivity contribution < 1.29 is 0 Å². The summed E-state index contributed by atoms with van der Waals surface area (Å²) in [7, 11) is 0. The molecule has 16 heavy (non-hydrogen) atoms. The summed E-state index contributed by atoms with van der Waals surface area (Å²) in [4.78, 5) is 4.55. The molecule has 90 valence electrons. The van der Waals surface area contributed by atoms with E-state index in [9.17, 15) is 0 Å². The molecule has 3 heteroatoms. The molecule has 0 amide bonds. The number of rotatable bonds is 7. The quantitative estimate of drug-likeness (QED) is 0.783. The van der Waals surface area contributed by atoms with Crippen LogP contribution in [-0.4, -0.2) is 11.0 Å². The lowest BCUT2D eigenvalue weighted by Gasteiger charge is -2.32. The Morgan fingerprint density at radius 1 is 1.50 bits per heavy atom. The van der Waals surface area contributed by atoms with Crippen LogP contribution >= 0.6 is 11.3 Å². The van der Waals surface area contributed by atoms with Crippen molar-refractivity contribution in [3.05, 3.63) is 16.6 Å². The Morgan fingerprint density at radius 2 is 2.31 bits per heavy atom. The summed E-state index contributed by atoms with van der Waals surface area (Å²) in [5.41, 5.74) is 0.158. The van der Waals surface area contributed by atoms with Crippen LogP contribution in [-0.2, 0) is 5.54 Å². The lowest BCUT2D eigenvalue weighted by molar-refractivity contribution is 0.284. The Labute approximate surface area is 102 Å². The summed E-state index contributed by atoms with van der Waals surface area (Å²) in [6.07, 6.45) is 9.55. The van der Waals surface area contributed by atoms with E-state index >= 15 is 0 Å². The smallest absolute Gasteiger partial charge is 0.113 e. The maximum atomic E-state index is 4.55. The van der Waals surface area contributed by atoms with E-state index in [2.05, 4.69) is 29.5 Å². The number of hydrogen-bond acceptors (Lipinski definition) is 3. The van der Waals surface area contributed by atoms with Crippen LogP contribution in [0.2, 0.25) is 0 Å². The third-order valence-electron chi connectivity index (χ3n) is 3.46. The van der Waals surface area contributed by atoms with Gasteiger partial charge in [0.05, 0.1) is 5.54 Å². The van der Waals surface area contributed by atoms with Gasteiger partial charge in [0.25, 0.3) is 0 Å². The zero-order valence-corrected chi connectivity index (χ0v) is 11.1. The SMILES string of the molecule is CCCCC(CC)(NC1CC1)c1nccs1. The average molecular weight is 238 g/mol. The van der Waals surface area contributed by atoms with Crippen molar-refractivity contribution in [1.82, 2.24) is 10.3 Å². The van der Waals surface area contributed by atoms with Crippen LogP contribution in [0.3, 0.4) is 0 Å². The highest BCUT2D eigenvalue weighted by atomic mass is 32.1. The van der Waals surface area contributed by atoms with Gasteiger partial charge in [0, 0.05) is 17.6 Å². The Bertz CT molecular complexity index is 306. The van der Waals surface area contributed by atoms with Crippen LogP contribution in [0.15, 0.2) is 11.6 Å². The maximum Gasteiger partial charge on any atom is 0.113 e. The molecule has 0 aliphatic heterocycles. The molecule has 0 radical (unpaired) electrons. The molecule has 1 aromatic heterocycles. The number of thiazole rings is 1. The van der Waals surface area contributed by atoms with Crippen LogP contribution < -0.4 is 5.32 Å². The van der Waals surface area contributed by atoms with Crippen molar-refractivity contribution in [3.63, 3.8) is 0 Å².